The Kier molecular flexibility index (Phi) is 20.2. The lowest BCUT2D eigenvalue weighted by Crippen LogP contribution is -2.71. The minimum atomic E-state index is -1.99. The van der Waals surface area contributed by atoms with Crippen molar-refractivity contribution in [2.24, 2.45) is 17.3 Å². The normalized spacial score (nSPS) is 17.8. The number of hydrogen-bond donors (Lipinski definition) is 6. The van der Waals surface area contributed by atoms with Gasteiger partial charge in [-0.15, -0.1) is 0 Å². The molecule has 0 bridgehead atoms. The number of rotatable bonds is 19. The second-order valence-corrected chi connectivity index (χ2v) is 21.9. The third-order valence-electron chi connectivity index (χ3n) is 10.9. The van der Waals surface area contributed by atoms with Gasteiger partial charge in [-0.3, -0.25) is 14.4 Å². The number of carbonyl (C=O) groups excluding carboxylic acids is 5. The van der Waals surface area contributed by atoms with Crippen molar-refractivity contribution in [2.45, 2.75) is 182 Å². The first kappa shape index (κ1) is 55.0. The van der Waals surface area contributed by atoms with Gasteiger partial charge in [0.2, 0.25) is 11.8 Å². The lowest BCUT2D eigenvalue weighted by molar-refractivity contribution is -0.164. The van der Waals surface area contributed by atoms with Crippen molar-refractivity contribution >= 4 is 64.4 Å². The van der Waals surface area contributed by atoms with Crippen molar-refractivity contribution in [3.05, 3.63) is 33.4 Å². The number of nitrogens with zero attached hydrogens (tertiary/aromatic N) is 1. The molecule has 1 aromatic rings. The molecule has 6 N–H and O–H groups in total. The Balaban J connectivity index is 2.19. The van der Waals surface area contributed by atoms with E-state index in [0.717, 1.165) is 26.9 Å². The first-order chi connectivity index (χ1) is 28.9. The molecule has 1 aliphatic rings. The van der Waals surface area contributed by atoms with Crippen molar-refractivity contribution in [2.75, 3.05) is 13.1 Å². The van der Waals surface area contributed by atoms with Crippen molar-refractivity contribution in [3.63, 3.8) is 0 Å². The number of carboxylic acids is 2. The fraction of sp³-hybridized carbons (Fsp3) is 0.717. The van der Waals surface area contributed by atoms with E-state index >= 15 is 0 Å². The Labute approximate surface area is 387 Å². The van der Waals surface area contributed by atoms with Gasteiger partial charge in [0.05, 0.1) is 0 Å². The summed E-state index contributed by atoms with van der Waals surface area (Å²) in [5.74, 6) is -3.98. The number of halogens is 1. The predicted octanol–water partition coefficient (Wildman–Crippen LogP) is 7.19. The average Bonchev–Trinajstić information content (AvgIpc) is 3.12. The molecule has 0 unspecified atom stereocenters. The van der Waals surface area contributed by atoms with Gasteiger partial charge in [0.25, 0.3) is 0 Å². The maximum Gasteiger partial charge on any atom is 0.407 e. The fourth-order valence-electron chi connectivity index (χ4n) is 7.85. The highest BCUT2D eigenvalue weighted by molar-refractivity contribution is 14.1. The Morgan fingerprint density at radius 1 is 0.762 bits per heavy atom. The highest BCUT2D eigenvalue weighted by Gasteiger charge is 2.58. The molecule has 17 heteroatoms. The quantitative estimate of drug-likeness (QED) is 0.0462. The predicted molar refractivity (Wildman–Crippen MR) is 248 cm³/mol. The van der Waals surface area contributed by atoms with Gasteiger partial charge in [0.1, 0.15) is 28.8 Å². The molecule has 0 spiro atoms. The van der Waals surface area contributed by atoms with E-state index in [1.165, 1.54) is 0 Å². The number of amides is 5. The number of alkyl carbamates (subject to hydrolysis) is 1. The summed E-state index contributed by atoms with van der Waals surface area (Å²) in [5, 5.41) is 31.8. The molecule has 16 nitrogen and oxygen atoms in total. The number of benzene rings is 1. The zero-order chi connectivity index (χ0) is 48.1. The first-order valence-electron chi connectivity index (χ1n) is 21.9. The van der Waals surface area contributed by atoms with Crippen LogP contribution in [0.2, 0.25) is 0 Å². The Morgan fingerprint density at radius 2 is 1.33 bits per heavy atom. The van der Waals surface area contributed by atoms with Crippen LogP contribution in [0.15, 0.2) is 24.3 Å². The summed E-state index contributed by atoms with van der Waals surface area (Å²) < 4.78 is 12.0. The van der Waals surface area contributed by atoms with Crippen LogP contribution in [0.25, 0.3) is 0 Å². The maximum absolute atomic E-state index is 14.3. The van der Waals surface area contributed by atoms with Crippen molar-refractivity contribution < 1.29 is 53.2 Å². The summed E-state index contributed by atoms with van der Waals surface area (Å²) >= 11 is 2.20. The molecule has 1 aliphatic carbocycles. The minimum absolute atomic E-state index is 0.0814. The van der Waals surface area contributed by atoms with E-state index in [2.05, 4.69) is 43.9 Å². The molecular formula is C46H74IN5O11. The number of nitrogens with one attached hydrogen (secondary N) is 4. The summed E-state index contributed by atoms with van der Waals surface area (Å²) in [4.78, 5) is 93.5. The van der Waals surface area contributed by atoms with Gasteiger partial charge in [-0.05, 0) is 165 Å². The Morgan fingerprint density at radius 3 is 1.83 bits per heavy atom. The molecule has 2 rings (SSSR count). The molecule has 0 aromatic heterocycles. The molecule has 3 atom stereocenters. The molecule has 0 radical (unpaired) electrons. The van der Waals surface area contributed by atoms with Crippen LogP contribution >= 0.6 is 22.6 Å². The lowest BCUT2D eigenvalue weighted by atomic mass is 9.68. The molecule has 1 saturated carbocycles. The summed E-state index contributed by atoms with van der Waals surface area (Å²) in [6, 6.07) is 4.75. The van der Waals surface area contributed by atoms with Gasteiger partial charge in [-0.1, -0.05) is 32.9 Å². The summed E-state index contributed by atoms with van der Waals surface area (Å²) in [5.41, 5.74) is -4.90. The van der Waals surface area contributed by atoms with Crippen LogP contribution in [-0.2, 0) is 39.9 Å². The molecule has 5 amide bonds. The van der Waals surface area contributed by atoms with E-state index in [9.17, 15) is 43.8 Å². The van der Waals surface area contributed by atoms with Gasteiger partial charge in [-0.25, -0.2) is 19.2 Å². The van der Waals surface area contributed by atoms with E-state index < -0.39 is 76.2 Å². The molecule has 356 valence electrons. The Hall–Kier alpha value is -4.16. The van der Waals surface area contributed by atoms with Crippen LogP contribution in [0.3, 0.4) is 0 Å². The monoisotopic (exact) mass is 999 g/mol. The van der Waals surface area contributed by atoms with Crippen LogP contribution < -0.4 is 21.3 Å². The summed E-state index contributed by atoms with van der Waals surface area (Å²) in [6.45, 7) is 21.0. The molecule has 1 aromatic carbocycles. The van der Waals surface area contributed by atoms with Crippen LogP contribution in [0.5, 0.6) is 0 Å². The lowest BCUT2D eigenvalue weighted by Gasteiger charge is -2.54. The Bertz CT molecular complexity index is 1740. The van der Waals surface area contributed by atoms with Crippen LogP contribution in [0.4, 0.5) is 9.59 Å². The van der Waals surface area contributed by atoms with E-state index in [0.29, 0.717) is 32.2 Å². The molecule has 63 heavy (non-hydrogen) atoms. The zero-order valence-electron chi connectivity index (χ0n) is 39.5. The van der Waals surface area contributed by atoms with E-state index in [4.69, 9.17) is 9.47 Å². The largest absolute Gasteiger partial charge is 0.481 e. The first-order valence-corrected chi connectivity index (χ1v) is 23.0. The number of urea groups is 1. The van der Waals surface area contributed by atoms with Crippen molar-refractivity contribution in [1.29, 1.82) is 0 Å². The van der Waals surface area contributed by atoms with Gasteiger partial charge in [-0.2, -0.15) is 0 Å². The number of carbonyl (C=O) groups is 7. The summed E-state index contributed by atoms with van der Waals surface area (Å²) in [6.07, 6.45) is 2.40. The number of ether oxygens (including phenoxy) is 2. The van der Waals surface area contributed by atoms with Crippen LogP contribution in [0.1, 0.15) is 146 Å². The van der Waals surface area contributed by atoms with E-state index in [1.807, 2.05) is 24.3 Å². The second kappa shape index (κ2) is 23.2. The summed E-state index contributed by atoms with van der Waals surface area (Å²) in [7, 11) is 0. The average molecular weight is 1000 g/mol. The van der Waals surface area contributed by atoms with Gasteiger partial charge in [0, 0.05) is 41.0 Å². The van der Waals surface area contributed by atoms with Gasteiger partial charge in [0.15, 0.2) is 0 Å². The third-order valence-corrected chi connectivity index (χ3v) is 11.6. The fourth-order valence-corrected chi connectivity index (χ4v) is 8.21. The highest BCUT2D eigenvalue weighted by Crippen LogP contribution is 2.44. The molecule has 1 fully saturated rings. The second-order valence-electron chi connectivity index (χ2n) is 20.6. The van der Waals surface area contributed by atoms with Crippen molar-refractivity contribution in [3.8, 4) is 0 Å². The zero-order valence-corrected chi connectivity index (χ0v) is 41.7. The van der Waals surface area contributed by atoms with Crippen molar-refractivity contribution in [1.82, 2.24) is 26.2 Å². The van der Waals surface area contributed by atoms with Gasteiger partial charge < -0.3 is 45.9 Å². The van der Waals surface area contributed by atoms with Gasteiger partial charge >= 0.3 is 30.0 Å². The number of carboxylic acid groups (broad SMARTS) is 2. The molecule has 0 saturated heterocycles. The molecule has 0 heterocycles. The SMILES string of the molecule is CC(C)(C)OC(=O)NCC1CCC(C(=O)N[C@@H](Cc2ccc(I)cc2)C(=O)NCCCC[C@H](NC(=O)N(C(C)(C)C)[C@@](CCC(=O)O)(C(=O)O)C(C)(C)C)C(=O)OC(C)(C)C)CC1. The maximum atomic E-state index is 14.3. The van der Waals surface area contributed by atoms with Crippen LogP contribution in [0, 0.1) is 20.8 Å². The number of hydrogen-bond acceptors (Lipinski definition) is 9. The number of unbranched alkanes of at least 4 members (excludes halogenated alkanes) is 1. The minimum Gasteiger partial charge on any atom is -0.481 e. The smallest absolute Gasteiger partial charge is 0.407 e. The number of esters is 1. The van der Waals surface area contributed by atoms with Crippen LogP contribution in [-0.4, -0.2) is 104 Å². The molecule has 0 aliphatic heterocycles. The van der Waals surface area contributed by atoms with E-state index in [-0.39, 0.29) is 49.5 Å². The highest BCUT2D eigenvalue weighted by atomic mass is 127. The topological polar surface area (TPSA) is 230 Å². The molecular weight excluding hydrogens is 925 g/mol. The number of aliphatic carboxylic acids is 2. The standard InChI is InChI=1S/C46H74IN5O11/c1-42(2,3)46(39(58)59,25-24-35(53)54)52(43(4,5)6)40(60)51-33(38(57)62-44(7,8)9)15-13-14-26-48-37(56)34(27-29-18-22-32(47)23-19-29)50-36(55)31-20-16-30(17-21-31)28-49-41(61)63-45(10,11)12/h18-19,22-23,30-31,33-34H,13-17,20-21,24-28H2,1-12H3,(H,48,56)(H,49,61)(H,50,55)(H,51,60)(H,53,54)(H,58,59)/t30?,31?,33-,34-,46-/m0/s1. The van der Waals surface area contributed by atoms with E-state index in [1.54, 1.807) is 83.1 Å². The third kappa shape index (κ3) is 18.1.